The zero-order valence-corrected chi connectivity index (χ0v) is 28.1. The number of amides is 5. The highest BCUT2D eigenvalue weighted by Gasteiger charge is 2.64. The van der Waals surface area contributed by atoms with Gasteiger partial charge in [0.15, 0.2) is 0 Å². The maximum atomic E-state index is 14.7. The minimum Gasteiger partial charge on any atom is -0.464 e. The third kappa shape index (κ3) is 7.66. The molecule has 0 saturated carbocycles. The van der Waals surface area contributed by atoms with Gasteiger partial charge in [-0.05, 0) is 37.3 Å². The summed E-state index contributed by atoms with van der Waals surface area (Å²) in [6.07, 6.45) is 9.50. The summed E-state index contributed by atoms with van der Waals surface area (Å²) in [5, 5.41) is 13.0. The van der Waals surface area contributed by atoms with Crippen LogP contribution >= 0.6 is 0 Å². The summed E-state index contributed by atoms with van der Waals surface area (Å²) in [7, 11) is 1.00. The van der Waals surface area contributed by atoms with Crippen molar-refractivity contribution in [1.29, 1.82) is 0 Å². The second-order valence-corrected chi connectivity index (χ2v) is 13.1. The van der Waals surface area contributed by atoms with Crippen molar-refractivity contribution in [1.82, 2.24) is 10.2 Å². The summed E-state index contributed by atoms with van der Waals surface area (Å²) in [4.78, 5) is 69.7. The zero-order valence-electron chi connectivity index (χ0n) is 28.1. The molecule has 0 bridgehead atoms. The Labute approximate surface area is 272 Å². The van der Waals surface area contributed by atoms with Gasteiger partial charge in [0, 0.05) is 12.7 Å². The number of hydrogen-bond acceptors (Lipinski definition) is 6. The number of carbonyl (C=O) groups excluding carboxylic acids is 4. The first-order valence-corrected chi connectivity index (χ1v) is 16.2. The van der Waals surface area contributed by atoms with E-state index in [2.05, 4.69) is 12.2 Å². The van der Waals surface area contributed by atoms with Crippen molar-refractivity contribution in [3.05, 3.63) is 65.7 Å². The van der Waals surface area contributed by atoms with Crippen molar-refractivity contribution in [3.63, 3.8) is 0 Å². The molecule has 1 saturated heterocycles. The van der Waals surface area contributed by atoms with Crippen molar-refractivity contribution < 1.29 is 33.8 Å². The van der Waals surface area contributed by atoms with Crippen LogP contribution in [0.25, 0.3) is 0 Å². The second kappa shape index (κ2) is 15.5. The highest BCUT2D eigenvalue weighted by molar-refractivity contribution is 6.30. The minimum atomic E-state index is -2.96. The molecule has 10 nitrogen and oxygen atoms in total. The Morgan fingerprint density at radius 1 is 0.870 bits per heavy atom. The number of urea groups is 1. The van der Waals surface area contributed by atoms with E-state index >= 15 is 0 Å². The maximum absolute atomic E-state index is 14.7. The van der Waals surface area contributed by atoms with Crippen LogP contribution in [0.5, 0.6) is 0 Å². The fraction of sp³-hybridized carbons (Fsp3) is 0.528. The monoisotopic (exact) mass is 635 g/mol. The normalized spacial score (nSPS) is 15.7. The quantitative estimate of drug-likeness (QED) is 0.0798. The Hall–Kier alpha value is -4.05. The van der Waals surface area contributed by atoms with E-state index in [1.165, 1.54) is 70.6 Å². The van der Waals surface area contributed by atoms with Crippen LogP contribution in [0.15, 0.2) is 54.6 Å². The standard InChI is InChI=1S/C36H49N3O7/c1-7-8-9-10-11-12-13-14-20-25-34(2,3)27-23-18-19-24-28(27)38(33(44)45)31(42)36(46-6,29(40)26-21-16-15-17-22-26)39-30(41)35(4,5)37-32(39)43/h15-19,21-24H,7-14,20,25H2,1-6H3,(H,37,43)(H,44,45). The molecule has 2 aromatic carbocycles. The average Bonchev–Trinajstić information content (AvgIpc) is 3.23. The van der Waals surface area contributed by atoms with Gasteiger partial charge in [-0.1, -0.05) is 127 Å². The van der Waals surface area contributed by atoms with Crippen LogP contribution in [-0.4, -0.2) is 58.1 Å². The lowest BCUT2D eigenvalue weighted by Gasteiger charge is -2.39. The predicted octanol–water partition coefficient (Wildman–Crippen LogP) is 7.45. The van der Waals surface area contributed by atoms with Gasteiger partial charge in [0.2, 0.25) is 5.78 Å². The summed E-state index contributed by atoms with van der Waals surface area (Å²) >= 11 is 0. The molecular weight excluding hydrogens is 586 g/mol. The summed E-state index contributed by atoms with van der Waals surface area (Å²) in [5.41, 5.74) is -4.46. The first kappa shape index (κ1) is 36.4. The average molecular weight is 636 g/mol. The molecule has 0 aliphatic carbocycles. The molecule has 0 spiro atoms. The minimum absolute atomic E-state index is 0.0227. The Balaban J connectivity index is 2.01. The fourth-order valence-corrected chi connectivity index (χ4v) is 6.09. The van der Waals surface area contributed by atoms with E-state index in [-0.39, 0.29) is 11.3 Å². The number of ketones is 1. The van der Waals surface area contributed by atoms with Gasteiger partial charge < -0.3 is 15.2 Å². The lowest BCUT2D eigenvalue weighted by atomic mass is 9.78. The number of carbonyl (C=O) groups is 5. The van der Waals surface area contributed by atoms with E-state index in [0.29, 0.717) is 15.4 Å². The number of methoxy groups -OCH3 is 1. The van der Waals surface area contributed by atoms with Gasteiger partial charge in [-0.25, -0.2) is 19.4 Å². The molecule has 0 aromatic heterocycles. The Bertz CT molecular complexity index is 1410. The molecule has 46 heavy (non-hydrogen) atoms. The lowest BCUT2D eigenvalue weighted by Crippen LogP contribution is -2.68. The van der Waals surface area contributed by atoms with Crippen molar-refractivity contribution in [3.8, 4) is 0 Å². The molecule has 3 rings (SSSR count). The van der Waals surface area contributed by atoms with Crippen molar-refractivity contribution in [2.75, 3.05) is 12.0 Å². The molecule has 2 aromatic rings. The number of nitrogens with zero attached hydrogens (tertiary/aromatic N) is 2. The number of unbranched alkanes of at least 4 members (excludes halogenated alkanes) is 8. The van der Waals surface area contributed by atoms with E-state index in [0.717, 1.165) is 32.8 Å². The van der Waals surface area contributed by atoms with Gasteiger partial charge in [0.05, 0.1) is 5.69 Å². The molecule has 1 heterocycles. The molecule has 1 atom stereocenters. The first-order valence-electron chi connectivity index (χ1n) is 16.2. The molecule has 1 aliphatic heterocycles. The molecule has 10 heteroatoms. The number of hydrogen-bond donors (Lipinski definition) is 2. The van der Waals surface area contributed by atoms with Gasteiger partial charge in [0.1, 0.15) is 5.54 Å². The van der Waals surface area contributed by atoms with E-state index in [1.807, 2.05) is 13.8 Å². The predicted molar refractivity (Wildman–Crippen MR) is 177 cm³/mol. The highest BCUT2D eigenvalue weighted by Crippen LogP contribution is 2.39. The summed E-state index contributed by atoms with van der Waals surface area (Å²) in [5.74, 6) is -3.37. The molecule has 1 aliphatic rings. The number of benzene rings is 2. The molecule has 1 unspecified atom stereocenters. The molecule has 1 fully saturated rings. The number of carboxylic acid groups (broad SMARTS) is 1. The molecule has 5 amide bonds. The van der Waals surface area contributed by atoms with Crippen molar-refractivity contribution >= 4 is 35.4 Å². The highest BCUT2D eigenvalue weighted by atomic mass is 16.5. The van der Waals surface area contributed by atoms with Crippen LogP contribution in [0, 0.1) is 0 Å². The van der Waals surface area contributed by atoms with Gasteiger partial charge in [-0.3, -0.25) is 14.4 Å². The van der Waals surface area contributed by atoms with E-state index in [9.17, 15) is 29.1 Å². The zero-order chi connectivity index (χ0) is 34.1. The van der Waals surface area contributed by atoms with Crippen LogP contribution in [0.3, 0.4) is 0 Å². The number of nitrogens with one attached hydrogen (secondary N) is 1. The third-order valence-corrected chi connectivity index (χ3v) is 8.78. The maximum Gasteiger partial charge on any atom is 0.418 e. The van der Waals surface area contributed by atoms with Crippen LogP contribution in [0.1, 0.15) is 115 Å². The lowest BCUT2D eigenvalue weighted by molar-refractivity contribution is -0.160. The summed E-state index contributed by atoms with van der Waals surface area (Å²) in [6.45, 7) is 9.02. The summed E-state index contributed by atoms with van der Waals surface area (Å²) in [6, 6.07) is 13.1. The number of rotatable bonds is 17. The summed E-state index contributed by atoms with van der Waals surface area (Å²) < 4.78 is 5.59. The number of para-hydroxylation sites is 1. The Morgan fingerprint density at radius 2 is 1.41 bits per heavy atom. The first-order chi connectivity index (χ1) is 21.8. The largest absolute Gasteiger partial charge is 0.464 e. The van der Waals surface area contributed by atoms with Gasteiger partial charge in [-0.15, -0.1) is 0 Å². The topological polar surface area (TPSA) is 133 Å². The third-order valence-electron chi connectivity index (χ3n) is 8.78. The van der Waals surface area contributed by atoms with Gasteiger partial charge in [0.25, 0.3) is 17.5 Å². The van der Waals surface area contributed by atoms with Gasteiger partial charge in [-0.2, -0.15) is 0 Å². The van der Waals surface area contributed by atoms with E-state index in [1.54, 1.807) is 36.4 Å². The number of ether oxygens (including phenoxy) is 1. The molecular formula is C36H49N3O7. The van der Waals surface area contributed by atoms with Crippen molar-refractivity contribution in [2.24, 2.45) is 0 Å². The number of imide groups is 2. The number of anilines is 1. The van der Waals surface area contributed by atoms with Crippen LogP contribution < -0.4 is 10.2 Å². The van der Waals surface area contributed by atoms with Crippen molar-refractivity contribution in [2.45, 2.75) is 116 Å². The Kier molecular flexibility index (Phi) is 12.3. The fourth-order valence-electron chi connectivity index (χ4n) is 6.09. The van der Waals surface area contributed by atoms with Crippen LogP contribution in [0.2, 0.25) is 0 Å². The molecule has 0 radical (unpaired) electrons. The van der Waals surface area contributed by atoms with E-state index in [4.69, 9.17) is 4.74 Å². The second-order valence-electron chi connectivity index (χ2n) is 13.1. The SMILES string of the molecule is CCCCCCCCCCCC(C)(C)c1ccccc1N(C(=O)O)C(=O)C(OC)(C(=O)c1ccccc1)N1C(=O)NC(C)(C)C1=O. The Morgan fingerprint density at radius 3 is 1.93 bits per heavy atom. The van der Waals surface area contributed by atoms with Gasteiger partial charge >= 0.3 is 12.1 Å². The van der Waals surface area contributed by atoms with Crippen LogP contribution in [-0.2, 0) is 19.7 Å². The smallest absolute Gasteiger partial charge is 0.418 e. The molecule has 2 N–H and O–H groups in total. The number of Topliss-reactive ketones (excluding diaryl/α,β-unsaturated/α-hetero) is 1. The van der Waals surface area contributed by atoms with Crippen LogP contribution in [0.4, 0.5) is 15.3 Å². The molecule has 250 valence electrons. The van der Waals surface area contributed by atoms with E-state index < -0.39 is 46.4 Å².